The second-order valence-electron chi connectivity index (χ2n) is 2.76. The summed E-state index contributed by atoms with van der Waals surface area (Å²) in [4.78, 5) is 5.96. The lowest BCUT2D eigenvalue weighted by Crippen LogP contribution is -2.52. The van der Waals surface area contributed by atoms with Gasteiger partial charge in [0.15, 0.2) is 5.96 Å². The van der Waals surface area contributed by atoms with Crippen molar-refractivity contribution in [3.63, 3.8) is 0 Å². The van der Waals surface area contributed by atoms with Crippen LogP contribution in [-0.2, 0) is 0 Å². The van der Waals surface area contributed by atoms with Crippen LogP contribution in [0.15, 0.2) is 16.2 Å². The largest absolute Gasteiger partial charge is 0.336 e. The summed E-state index contributed by atoms with van der Waals surface area (Å²) in [5, 5.41) is 6.77. The van der Waals surface area contributed by atoms with Gasteiger partial charge in [-0.05, 0) is 14.1 Å². The molecule has 1 aliphatic rings. The van der Waals surface area contributed by atoms with Crippen molar-refractivity contribution in [1.82, 2.24) is 15.5 Å². The molecule has 12 heavy (non-hydrogen) atoms. The van der Waals surface area contributed by atoms with Crippen LogP contribution in [0.4, 0.5) is 0 Å². The lowest BCUT2D eigenvalue weighted by Gasteiger charge is -2.29. The lowest BCUT2D eigenvalue weighted by atomic mass is 10.4. The molecule has 1 heterocycles. The molecule has 0 aliphatic carbocycles. The van der Waals surface area contributed by atoms with Crippen molar-refractivity contribution in [2.24, 2.45) is 4.99 Å². The fourth-order valence-corrected chi connectivity index (χ4v) is 1.27. The Morgan fingerprint density at radius 3 is 2.75 bits per heavy atom. The predicted octanol–water partition coefficient (Wildman–Crippen LogP) is 0.133. The Balaban J connectivity index is 2.75. The monoisotopic (exact) mass is 188 g/mol. The van der Waals surface area contributed by atoms with Crippen molar-refractivity contribution >= 4 is 17.6 Å². The van der Waals surface area contributed by atoms with Gasteiger partial charge in [-0.2, -0.15) is 0 Å². The normalized spacial score (nSPS) is 26.6. The standard InChI is InChI=1S/C7H13ClN4/c1-9-7-10-4-5(8)6(11-7)12(2)3/h4,6H,1-3H3,(H2,9,10,11). The smallest absolute Gasteiger partial charge is 0.196 e. The second kappa shape index (κ2) is 3.78. The van der Waals surface area contributed by atoms with E-state index in [1.807, 2.05) is 19.0 Å². The minimum atomic E-state index is 0.0200. The summed E-state index contributed by atoms with van der Waals surface area (Å²) in [7, 11) is 5.62. The first-order chi connectivity index (χ1) is 5.65. The minimum Gasteiger partial charge on any atom is -0.336 e. The van der Waals surface area contributed by atoms with Gasteiger partial charge in [0.1, 0.15) is 6.17 Å². The van der Waals surface area contributed by atoms with Crippen molar-refractivity contribution in [2.45, 2.75) is 6.17 Å². The van der Waals surface area contributed by atoms with Crippen molar-refractivity contribution in [2.75, 3.05) is 21.1 Å². The van der Waals surface area contributed by atoms with Crippen LogP contribution in [-0.4, -0.2) is 38.2 Å². The average Bonchev–Trinajstić information content (AvgIpc) is 2.05. The Bertz CT molecular complexity index is 221. The Morgan fingerprint density at radius 2 is 2.25 bits per heavy atom. The van der Waals surface area contributed by atoms with Gasteiger partial charge in [0.25, 0.3) is 0 Å². The summed E-state index contributed by atoms with van der Waals surface area (Å²) in [6, 6.07) is 0. The molecule has 0 radical (unpaired) electrons. The quantitative estimate of drug-likeness (QED) is 0.615. The topological polar surface area (TPSA) is 39.7 Å². The average molecular weight is 189 g/mol. The van der Waals surface area contributed by atoms with Crippen molar-refractivity contribution < 1.29 is 0 Å². The summed E-state index contributed by atoms with van der Waals surface area (Å²) in [5.74, 6) is 0.734. The van der Waals surface area contributed by atoms with Gasteiger partial charge in [0.2, 0.25) is 0 Å². The number of guanidine groups is 1. The summed E-state index contributed by atoms with van der Waals surface area (Å²) in [5.41, 5.74) is 0. The summed E-state index contributed by atoms with van der Waals surface area (Å²) in [6.45, 7) is 0. The number of aliphatic imine (C=N–C) groups is 1. The van der Waals surface area contributed by atoms with Crippen molar-refractivity contribution in [3.8, 4) is 0 Å². The van der Waals surface area contributed by atoms with E-state index in [0.717, 1.165) is 11.0 Å². The minimum absolute atomic E-state index is 0.0200. The third-order valence-electron chi connectivity index (χ3n) is 1.62. The molecule has 0 fully saturated rings. The highest BCUT2D eigenvalue weighted by atomic mass is 35.5. The number of likely N-dealkylation sites (N-methyl/N-ethyl adjacent to an activating group) is 1. The Labute approximate surface area is 77.3 Å². The molecule has 0 saturated carbocycles. The van der Waals surface area contributed by atoms with E-state index in [1.54, 1.807) is 13.2 Å². The number of halogens is 1. The number of nitrogens with one attached hydrogen (secondary N) is 2. The molecule has 5 heteroatoms. The van der Waals surface area contributed by atoms with E-state index in [-0.39, 0.29) is 6.17 Å². The molecule has 1 atom stereocenters. The molecule has 0 amide bonds. The molecular formula is C7H13ClN4. The number of rotatable bonds is 1. The molecule has 0 aromatic rings. The molecule has 1 unspecified atom stereocenters. The molecule has 4 nitrogen and oxygen atoms in total. The summed E-state index contributed by atoms with van der Waals surface area (Å²) >= 11 is 5.94. The van der Waals surface area contributed by atoms with E-state index in [0.29, 0.717) is 0 Å². The fourth-order valence-electron chi connectivity index (χ4n) is 0.961. The van der Waals surface area contributed by atoms with E-state index in [1.165, 1.54) is 0 Å². The molecule has 1 rings (SSSR count). The van der Waals surface area contributed by atoms with E-state index in [2.05, 4.69) is 15.6 Å². The number of nitrogens with zero attached hydrogens (tertiary/aromatic N) is 2. The van der Waals surface area contributed by atoms with Crippen LogP contribution in [0.25, 0.3) is 0 Å². The highest BCUT2D eigenvalue weighted by Crippen LogP contribution is 2.11. The molecule has 1 aliphatic heterocycles. The third kappa shape index (κ3) is 1.89. The fraction of sp³-hybridized carbons (Fsp3) is 0.571. The molecule has 2 N–H and O–H groups in total. The highest BCUT2D eigenvalue weighted by molar-refractivity contribution is 6.30. The third-order valence-corrected chi connectivity index (χ3v) is 1.94. The zero-order valence-electron chi connectivity index (χ0n) is 7.43. The van der Waals surface area contributed by atoms with Crippen molar-refractivity contribution in [3.05, 3.63) is 11.2 Å². The molecule has 0 aromatic heterocycles. The van der Waals surface area contributed by atoms with Gasteiger partial charge in [0.05, 0.1) is 5.03 Å². The van der Waals surface area contributed by atoms with Gasteiger partial charge in [0, 0.05) is 13.2 Å². The zero-order valence-corrected chi connectivity index (χ0v) is 8.18. The van der Waals surface area contributed by atoms with E-state index in [9.17, 15) is 0 Å². The van der Waals surface area contributed by atoms with Gasteiger partial charge in [-0.3, -0.25) is 9.89 Å². The first kappa shape index (κ1) is 9.35. The van der Waals surface area contributed by atoms with Gasteiger partial charge in [-0.1, -0.05) is 11.6 Å². The van der Waals surface area contributed by atoms with Crippen LogP contribution in [0.3, 0.4) is 0 Å². The summed E-state index contributed by atoms with van der Waals surface area (Å²) in [6.07, 6.45) is 1.76. The summed E-state index contributed by atoms with van der Waals surface area (Å²) < 4.78 is 0. The second-order valence-corrected chi connectivity index (χ2v) is 3.19. The number of hydrogen-bond donors (Lipinski definition) is 2. The number of hydrogen-bond acceptors (Lipinski definition) is 2. The van der Waals surface area contributed by atoms with Gasteiger partial charge in [-0.25, -0.2) is 0 Å². The first-order valence-corrected chi connectivity index (χ1v) is 4.05. The maximum atomic E-state index is 5.94. The van der Waals surface area contributed by atoms with Crippen LogP contribution in [0.5, 0.6) is 0 Å². The molecule has 0 saturated heterocycles. The lowest BCUT2D eigenvalue weighted by molar-refractivity contribution is 0.315. The maximum absolute atomic E-state index is 5.94. The van der Waals surface area contributed by atoms with Gasteiger partial charge < -0.3 is 10.6 Å². The van der Waals surface area contributed by atoms with E-state index >= 15 is 0 Å². The maximum Gasteiger partial charge on any atom is 0.196 e. The Morgan fingerprint density at radius 1 is 1.58 bits per heavy atom. The Hall–Kier alpha value is -0.740. The van der Waals surface area contributed by atoms with E-state index in [4.69, 9.17) is 11.6 Å². The van der Waals surface area contributed by atoms with Gasteiger partial charge in [-0.15, -0.1) is 0 Å². The van der Waals surface area contributed by atoms with Crippen LogP contribution in [0.1, 0.15) is 0 Å². The Kier molecular flexibility index (Phi) is 2.94. The SMILES string of the molecule is CN=C1NC=C(Cl)C(N(C)C)N1. The molecular weight excluding hydrogens is 176 g/mol. The van der Waals surface area contributed by atoms with Crippen LogP contribution in [0, 0.1) is 0 Å². The first-order valence-electron chi connectivity index (χ1n) is 3.67. The highest BCUT2D eigenvalue weighted by Gasteiger charge is 2.19. The van der Waals surface area contributed by atoms with Crippen molar-refractivity contribution in [1.29, 1.82) is 0 Å². The van der Waals surface area contributed by atoms with Crippen LogP contribution in [0.2, 0.25) is 0 Å². The van der Waals surface area contributed by atoms with E-state index < -0.39 is 0 Å². The molecule has 0 aromatic carbocycles. The van der Waals surface area contributed by atoms with Gasteiger partial charge >= 0.3 is 0 Å². The molecule has 68 valence electrons. The zero-order chi connectivity index (χ0) is 9.14. The molecule has 0 spiro atoms. The van der Waals surface area contributed by atoms with Crippen LogP contribution >= 0.6 is 11.6 Å². The molecule has 0 bridgehead atoms. The predicted molar refractivity (Wildman–Crippen MR) is 51.0 cm³/mol. The van der Waals surface area contributed by atoms with Crippen LogP contribution < -0.4 is 10.6 Å².